The molecule has 2 aromatic carbocycles. The number of hydrogen-bond donors (Lipinski definition) is 3. The van der Waals surface area contributed by atoms with Gasteiger partial charge >= 0.3 is 12.1 Å². The Kier molecular flexibility index (Phi) is 11.0. The number of alkyl halides is 3. The first-order valence-corrected chi connectivity index (χ1v) is 15.4. The second-order valence-corrected chi connectivity index (χ2v) is 13.8. The van der Waals surface area contributed by atoms with Gasteiger partial charge in [0.1, 0.15) is 0 Å². The summed E-state index contributed by atoms with van der Waals surface area (Å²) in [7, 11) is -3.06. The van der Waals surface area contributed by atoms with E-state index in [4.69, 9.17) is 5.11 Å². The van der Waals surface area contributed by atoms with Crippen LogP contribution in [0.25, 0.3) is 0 Å². The number of fused-ring (bicyclic) bond motifs is 1. The normalized spacial score (nSPS) is 15.3. The van der Waals surface area contributed by atoms with Gasteiger partial charge in [-0.15, -0.1) is 0 Å². The standard InChI is InChI=1S/C30H41F3N2O5S/c1-29(2,18-21-15-23-10-7-8-11-24(23)16-21)34-19-25(36)20-35(3)41(39,40)26-14-13-22(27(17-26)30(31,32)33)9-5-4-6-12-28(37)38/h7-8,10-11,13-14,17,21,25,34,36H,4-6,9,12,15-16,18-20H2,1-3H3,(H,37,38). The molecule has 0 heterocycles. The van der Waals surface area contributed by atoms with E-state index >= 15 is 0 Å². The molecule has 0 amide bonds. The van der Waals surface area contributed by atoms with Crippen molar-refractivity contribution in [3.63, 3.8) is 0 Å². The molecule has 1 unspecified atom stereocenters. The van der Waals surface area contributed by atoms with Gasteiger partial charge < -0.3 is 15.5 Å². The summed E-state index contributed by atoms with van der Waals surface area (Å²) in [4.78, 5) is 10.1. The number of aliphatic hydroxyl groups excluding tert-OH is 1. The van der Waals surface area contributed by atoms with E-state index in [0.29, 0.717) is 31.2 Å². The van der Waals surface area contributed by atoms with E-state index < -0.39 is 38.7 Å². The smallest absolute Gasteiger partial charge is 0.416 e. The second kappa shape index (κ2) is 13.7. The van der Waals surface area contributed by atoms with Crippen LogP contribution in [-0.4, -0.2) is 60.7 Å². The molecular weight excluding hydrogens is 557 g/mol. The van der Waals surface area contributed by atoms with E-state index in [2.05, 4.69) is 17.4 Å². The number of likely N-dealkylation sites (N-methyl/N-ethyl adjacent to an activating group) is 1. The molecule has 0 bridgehead atoms. The lowest BCUT2D eigenvalue weighted by Crippen LogP contribution is -2.47. The van der Waals surface area contributed by atoms with Crippen LogP contribution in [0.3, 0.4) is 0 Å². The Morgan fingerprint density at radius 1 is 1.07 bits per heavy atom. The predicted octanol–water partition coefficient (Wildman–Crippen LogP) is 5.05. The molecule has 0 radical (unpaired) electrons. The Balaban J connectivity index is 1.57. The molecule has 11 heteroatoms. The van der Waals surface area contributed by atoms with Crippen LogP contribution in [0.4, 0.5) is 13.2 Å². The van der Waals surface area contributed by atoms with Crippen molar-refractivity contribution in [2.24, 2.45) is 5.92 Å². The number of sulfonamides is 1. The van der Waals surface area contributed by atoms with Crippen molar-refractivity contribution < 1.29 is 36.6 Å². The number of carboxylic acid groups (broad SMARTS) is 1. The summed E-state index contributed by atoms with van der Waals surface area (Å²) in [5.41, 5.74) is 1.35. The molecule has 0 spiro atoms. The SMILES string of the molecule is CN(CC(O)CNC(C)(C)CC1Cc2ccccc2C1)S(=O)(=O)c1ccc(CCCCCC(=O)O)c(C(F)(F)F)c1. The minimum atomic E-state index is -4.75. The number of carboxylic acids is 1. The molecule has 0 saturated heterocycles. The summed E-state index contributed by atoms with van der Waals surface area (Å²) in [6.07, 6.45) is -1.80. The molecule has 1 aliphatic rings. The number of unbranched alkanes of at least 4 members (excludes halogenated alkanes) is 2. The average Bonchev–Trinajstić information content (AvgIpc) is 3.28. The van der Waals surface area contributed by atoms with Gasteiger partial charge in [-0.1, -0.05) is 36.8 Å². The summed E-state index contributed by atoms with van der Waals surface area (Å²) in [6.45, 7) is 3.92. The van der Waals surface area contributed by atoms with E-state index in [1.54, 1.807) is 0 Å². The predicted molar refractivity (Wildman–Crippen MR) is 151 cm³/mol. The highest BCUT2D eigenvalue weighted by Gasteiger charge is 2.35. The molecule has 2 aromatic rings. The molecule has 1 aliphatic carbocycles. The maximum atomic E-state index is 13.8. The topological polar surface area (TPSA) is 107 Å². The number of nitrogens with zero attached hydrogens (tertiary/aromatic N) is 1. The summed E-state index contributed by atoms with van der Waals surface area (Å²) in [5.74, 6) is -0.495. The Bertz CT molecular complexity index is 1270. The second-order valence-electron chi connectivity index (χ2n) is 11.7. The van der Waals surface area contributed by atoms with Gasteiger partial charge in [0.15, 0.2) is 0 Å². The Morgan fingerprint density at radius 2 is 1.71 bits per heavy atom. The summed E-state index contributed by atoms with van der Waals surface area (Å²) < 4.78 is 68.6. The van der Waals surface area contributed by atoms with E-state index in [9.17, 15) is 31.5 Å². The highest BCUT2D eigenvalue weighted by molar-refractivity contribution is 7.89. The van der Waals surface area contributed by atoms with Crippen molar-refractivity contribution in [2.45, 2.75) is 87.9 Å². The lowest BCUT2D eigenvalue weighted by molar-refractivity contribution is -0.138. The van der Waals surface area contributed by atoms with Gasteiger partial charge in [-0.25, -0.2) is 8.42 Å². The number of halogens is 3. The van der Waals surface area contributed by atoms with Gasteiger partial charge in [-0.2, -0.15) is 17.5 Å². The zero-order valence-corrected chi connectivity index (χ0v) is 24.7. The van der Waals surface area contributed by atoms with Crippen molar-refractivity contribution in [1.82, 2.24) is 9.62 Å². The van der Waals surface area contributed by atoms with E-state index in [1.165, 1.54) is 24.2 Å². The van der Waals surface area contributed by atoms with Crippen LogP contribution in [0.15, 0.2) is 47.4 Å². The molecule has 7 nitrogen and oxygen atoms in total. The first kappa shape index (κ1) is 33.0. The van der Waals surface area contributed by atoms with Gasteiger partial charge in [0, 0.05) is 32.1 Å². The molecule has 0 saturated carbocycles. The van der Waals surface area contributed by atoms with Crippen molar-refractivity contribution in [3.8, 4) is 0 Å². The van der Waals surface area contributed by atoms with Crippen molar-refractivity contribution in [2.75, 3.05) is 20.1 Å². The Morgan fingerprint density at radius 3 is 2.29 bits per heavy atom. The molecular formula is C30H41F3N2O5S. The molecule has 1 atom stereocenters. The number of benzene rings is 2. The summed E-state index contributed by atoms with van der Waals surface area (Å²) in [5, 5.41) is 22.6. The van der Waals surface area contributed by atoms with E-state index in [0.717, 1.165) is 29.6 Å². The number of aliphatic carboxylic acids is 1. The quantitative estimate of drug-likeness (QED) is 0.248. The van der Waals surface area contributed by atoms with Crippen LogP contribution in [0.5, 0.6) is 0 Å². The molecule has 0 aliphatic heterocycles. The summed E-state index contributed by atoms with van der Waals surface area (Å²) >= 11 is 0. The largest absolute Gasteiger partial charge is 0.481 e. The van der Waals surface area contributed by atoms with Crippen LogP contribution in [0.2, 0.25) is 0 Å². The van der Waals surface area contributed by atoms with E-state index in [-0.39, 0.29) is 37.0 Å². The van der Waals surface area contributed by atoms with Gasteiger partial charge in [-0.3, -0.25) is 4.79 Å². The Hall–Kier alpha value is -2.47. The number of rotatable bonds is 15. The monoisotopic (exact) mass is 598 g/mol. The number of aliphatic hydroxyl groups is 1. The van der Waals surface area contributed by atoms with Crippen LogP contribution in [0.1, 0.15) is 68.2 Å². The number of aryl methyl sites for hydroxylation is 1. The van der Waals surface area contributed by atoms with Crippen LogP contribution < -0.4 is 5.32 Å². The van der Waals surface area contributed by atoms with Crippen LogP contribution in [-0.2, 0) is 40.3 Å². The van der Waals surface area contributed by atoms with Crippen molar-refractivity contribution in [1.29, 1.82) is 0 Å². The molecule has 228 valence electrons. The minimum Gasteiger partial charge on any atom is -0.481 e. The van der Waals surface area contributed by atoms with Crippen LogP contribution in [0, 0.1) is 5.92 Å². The number of hydrogen-bond acceptors (Lipinski definition) is 5. The average molecular weight is 599 g/mol. The fourth-order valence-electron chi connectivity index (χ4n) is 5.59. The zero-order chi connectivity index (χ0) is 30.4. The maximum Gasteiger partial charge on any atom is 0.416 e. The molecule has 0 aromatic heterocycles. The molecule has 0 fully saturated rings. The summed E-state index contributed by atoms with van der Waals surface area (Å²) in [6, 6.07) is 11.3. The lowest BCUT2D eigenvalue weighted by Gasteiger charge is -2.31. The zero-order valence-electron chi connectivity index (χ0n) is 23.9. The van der Waals surface area contributed by atoms with Gasteiger partial charge in [0.25, 0.3) is 0 Å². The van der Waals surface area contributed by atoms with Gasteiger partial charge in [0.05, 0.1) is 16.6 Å². The number of nitrogens with one attached hydrogen (secondary N) is 1. The lowest BCUT2D eigenvalue weighted by atomic mass is 9.88. The number of β-amino-alcohol motifs (C(OH)–C–C–N with tert-alkyl or cyclic N) is 1. The maximum absolute atomic E-state index is 13.8. The van der Waals surface area contributed by atoms with Crippen LogP contribution >= 0.6 is 0 Å². The fourth-order valence-corrected chi connectivity index (χ4v) is 6.82. The molecule has 3 N–H and O–H groups in total. The molecule has 41 heavy (non-hydrogen) atoms. The first-order valence-electron chi connectivity index (χ1n) is 14.0. The Labute approximate surface area is 240 Å². The van der Waals surface area contributed by atoms with Crippen molar-refractivity contribution >= 4 is 16.0 Å². The van der Waals surface area contributed by atoms with E-state index in [1.807, 2.05) is 26.0 Å². The highest BCUT2D eigenvalue weighted by atomic mass is 32.2. The van der Waals surface area contributed by atoms with Gasteiger partial charge in [0.2, 0.25) is 10.0 Å². The third kappa shape index (κ3) is 9.52. The fraction of sp³-hybridized carbons (Fsp3) is 0.567. The third-order valence-corrected chi connectivity index (χ3v) is 9.47. The number of carbonyl (C=O) groups is 1. The molecule has 3 rings (SSSR count). The van der Waals surface area contributed by atoms with Crippen molar-refractivity contribution in [3.05, 3.63) is 64.7 Å². The third-order valence-electron chi connectivity index (χ3n) is 7.65. The highest BCUT2D eigenvalue weighted by Crippen LogP contribution is 2.35. The first-order chi connectivity index (χ1) is 19.1. The van der Waals surface area contributed by atoms with Gasteiger partial charge in [-0.05, 0) is 87.1 Å². The minimum absolute atomic E-state index is 0.0359.